The molecule has 3 amide bonds. The van der Waals surface area contributed by atoms with Crippen LogP contribution >= 0.6 is 23.2 Å². The van der Waals surface area contributed by atoms with Gasteiger partial charge in [0.2, 0.25) is 24.1 Å². The number of likely N-dealkylation sites (N-methyl/N-ethyl adjacent to an activating group) is 1. The second kappa shape index (κ2) is 23.9. The van der Waals surface area contributed by atoms with Gasteiger partial charge in [-0.3, -0.25) is 24.1 Å². The molecule has 0 saturated carbocycles. The van der Waals surface area contributed by atoms with Crippen molar-refractivity contribution in [1.29, 1.82) is 0 Å². The number of aryl methyl sites for hydroxylation is 1. The number of carbonyl (C=O) groups is 4. The number of Topliss-reactive ketones (excluding diaryl/α,β-unsaturated/α-hetero) is 1. The highest BCUT2D eigenvalue weighted by atomic mass is 35.5. The van der Waals surface area contributed by atoms with Crippen LogP contribution in [0, 0.1) is 11.8 Å². The summed E-state index contributed by atoms with van der Waals surface area (Å²) in [6.45, 7) is 3.95. The molecule has 4 aromatic carbocycles. The van der Waals surface area contributed by atoms with Crippen molar-refractivity contribution in [3.63, 3.8) is 0 Å². The van der Waals surface area contributed by atoms with Crippen LogP contribution in [0.25, 0.3) is 11.3 Å². The number of ether oxygens (including phenoxy) is 2. The van der Waals surface area contributed by atoms with Crippen LogP contribution < -0.4 is 4.74 Å². The minimum Gasteiger partial charge on any atom is -0.457 e. The van der Waals surface area contributed by atoms with Crippen molar-refractivity contribution in [2.45, 2.75) is 95.8 Å². The highest BCUT2D eigenvalue weighted by Gasteiger charge is 2.42. The Kier molecular flexibility index (Phi) is 17.5. The Morgan fingerprint density at radius 2 is 1.56 bits per heavy atom. The maximum absolute atomic E-state index is 15.4. The first-order valence-corrected chi connectivity index (χ1v) is 25.7. The lowest BCUT2D eigenvalue weighted by Gasteiger charge is -2.39. The van der Waals surface area contributed by atoms with Crippen LogP contribution in [0.3, 0.4) is 0 Å². The maximum Gasteiger partial charge on any atom is 0.240 e. The summed E-state index contributed by atoms with van der Waals surface area (Å²) in [5, 5.41) is 0.901. The summed E-state index contributed by atoms with van der Waals surface area (Å²) < 4.78 is 42.6. The van der Waals surface area contributed by atoms with Gasteiger partial charge < -0.3 is 28.7 Å². The minimum absolute atomic E-state index is 0.0997. The van der Waals surface area contributed by atoms with E-state index in [2.05, 4.69) is 9.47 Å². The monoisotopic (exact) mass is 1020 g/mol. The van der Waals surface area contributed by atoms with E-state index < -0.39 is 60.4 Å². The zero-order valence-electron chi connectivity index (χ0n) is 41.5. The number of carbonyl (C=O) groups excluding carboxylic acids is 4. The lowest BCUT2D eigenvalue weighted by molar-refractivity contribution is -0.149. The molecule has 2 saturated heterocycles. The van der Waals surface area contributed by atoms with E-state index in [1.165, 1.54) is 34.7 Å². The van der Waals surface area contributed by atoms with E-state index in [-0.39, 0.29) is 51.3 Å². The fourth-order valence-corrected chi connectivity index (χ4v) is 10.9. The average molecular weight is 1030 g/mol. The topological polar surface area (TPSA) is 118 Å². The molecule has 16 heteroatoms. The molecule has 1 aliphatic carbocycles. The molecule has 5 aromatic rings. The van der Waals surface area contributed by atoms with E-state index in [0.29, 0.717) is 39.9 Å². The molecule has 8 rings (SSSR count). The molecule has 0 radical (unpaired) electrons. The Bertz CT molecular complexity index is 2700. The minimum atomic E-state index is -2.71. The standard InChI is InChI=1S/C56H64Cl2F2N6O6/c1-36-50(67)28-41(35-71-4)55(69)62(2)44(27-37-11-17-42(57)18-12-37)33-65(26-23-52(59)60)56(70)48(47-22-16-38-9-5-6-10-46(38)47)30-54(68)66(36)32-40-13-19-43(58)29-51(40)72-45-20-14-39(15-21-45)49-31-61-53(63(49)3)34-64-24-7-8-25-64/h5-6,9-15,17-21,29,31,36,41,44,47-48,52H,7-8,16,22-28,30,32-35H2,1-4H3/t36-,41-,44+,47-,48-/m0/s1. The fraction of sp³-hybridized carbons (Fsp3) is 0.446. The first kappa shape index (κ1) is 52.6. The van der Waals surface area contributed by atoms with Gasteiger partial charge in [0.05, 0.1) is 55.5 Å². The van der Waals surface area contributed by atoms with E-state index in [4.69, 9.17) is 37.7 Å². The number of fused-ring (bicyclic) bond motifs is 1. The molecule has 3 heterocycles. The van der Waals surface area contributed by atoms with Crippen molar-refractivity contribution in [2.24, 2.45) is 18.9 Å². The van der Waals surface area contributed by atoms with Gasteiger partial charge in [0, 0.05) is 74.7 Å². The van der Waals surface area contributed by atoms with Crippen LogP contribution in [0.2, 0.25) is 10.0 Å². The summed E-state index contributed by atoms with van der Waals surface area (Å²) in [7, 11) is 5.08. The Labute approximate surface area is 431 Å². The van der Waals surface area contributed by atoms with Crippen LogP contribution in [0.4, 0.5) is 8.78 Å². The zero-order valence-corrected chi connectivity index (χ0v) is 43.0. The summed E-state index contributed by atoms with van der Waals surface area (Å²) in [4.78, 5) is 71.7. The number of hydrogen-bond donors (Lipinski definition) is 0. The molecule has 0 spiro atoms. The quantitative estimate of drug-likeness (QED) is 0.102. The number of halogens is 4. The van der Waals surface area contributed by atoms with E-state index in [1.807, 2.05) is 73.9 Å². The predicted molar refractivity (Wildman–Crippen MR) is 274 cm³/mol. The van der Waals surface area contributed by atoms with Gasteiger partial charge in [-0.15, -0.1) is 0 Å². The number of benzene rings is 4. The number of imidazole rings is 1. The number of amides is 3. The Hall–Kier alpha value is -5.67. The largest absolute Gasteiger partial charge is 0.457 e. The Balaban J connectivity index is 1.14. The van der Waals surface area contributed by atoms with Crippen LogP contribution in [0.1, 0.15) is 79.4 Å². The van der Waals surface area contributed by atoms with Gasteiger partial charge in [-0.05, 0) is 123 Å². The molecular weight excluding hydrogens is 962 g/mol. The molecule has 0 N–H and O–H groups in total. The van der Waals surface area contributed by atoms with Gasteiger partial charge in [-0.1, -0.05) is 65.7 Å². The molecular formula is C56H64Cl2F2N6O6. The van der Waals surface area contributed by atoms with Gasteiger partial charge in [0.25, 0.3) is 0 Å². The second-order valence-corrected chi connectivity index (χ2v) is 20.4. The smallest absolute Gasteiger partial charge is 0.240 e. The first-order chi connectivity index (χ1) is 34.7. The number of ketones is 1. The van der Waals surface area contributed by atoms with E-state index in [0.717, 1.165) is 53.4 Å². The summed E-state index contributed by atoms with van der Waals surface area (Å²) in [6.07, 6.45) is 1.88. The number of rotatable bonds is 15. The number of nitrogens with zero attached hydrogens (tertiary/aromatic N) is 6. The maximum atomic E-state index is 15.4. The third kappa shape index (κ3) is 12.6. The number of aromatic nitrogens is 2. The fourth-order valence-electron chi connectivity index (χ4n) is 10.6. The molecule has 0 bridgehead atoms. The first-order valence-electron chi connectivity index (χ1n) is 24.9. The third-order valence-corrected chi connectivity index (χ3v) is 15.3. The highest BCUT2D eigenvalue weighted by Crippen LogP contribution is 2.42. The van der Waals surface area contributed by atoms with Crippen molar-refractivity contribution < 1.29 is 37.4 Å². The lowest BCUT2D eigenvalue weighted by Crippen LogP contribution is -2.53. The van der Waals surface area contributed by atoms with Crippen LogP contribution in [0.15, 0.2) is 97.2 Å². The number of likely N-dealkylation sites (tertiary alicyclic amines) is 1. The predicted octanol–water partition coefficient (Wildman–Crippen LogP) is 10.0. The highest BCUT2D eigenvalue weighted by molar-refractivity contribution is 6.31. The van der Waals surface area contributed by atoms with Gasteiger partial charge in [0.1, 0.15) is 17.3 Å². The number of methoxy groups -OCH3 is 1. The molecule has 0 unspecified atom stereocenters. The molecule has 2 aliphatic heterocycles. The molecule has 382 valence electrons. The lowest BCUT2D eigenvalue weighted by atomic mass is 9.83. The SMILES string of the molecule is COC[C@@H]1CC(=O)[C@H](C)N(Cc2ccc(Cl)cc2Oc2ccc(-c3cnc(CN4CCCC4)n3C)cc2)C(=O)C[C@@H]([C@H]2CCc3ccccc32)C(=O)N(CCC(F)F)C[C@@H](Cc2ccc(Cl)cc2)N(C)C1=O. The average Bonchev–Trinajstić information content (AvgIpc) is 4.14. The van der Waals surface area contributed by atoms with Crippen LogP contribution in [-0.2, 0) is 56.9 Å². The van der Waals surface area contributed by atoms with Gasteiger partial charge in [-0.25, -0.2) is 13.8 Å². The molecule has 72 heavy (non-hydrogen) atoms. The van der Waals surface area contributed by atoms with Gasteiger partial charge >= 0.3 is 0 Å². The van der Waals surface area contributed by atoms with Gasteiger partial charge in [-0.2, -0.15) is 0 Å². The summed E-state index contributed by atoms with van der Waals surface area (Å²) in [5.41, 5.74) is 5.24. The zero-order chi connectivity index (χ0) is 51.1. The van der Waals surface area contributed by atoms with Crippen molar-refractivity contribution in [2.75, 3.05) is 46.9 Å². The van der Waals surface area contributed by atoms with E-state index >= 15 is 9.59 Å². The number of hydrogen-bond acceptors (Lipinski definition) is 8. The second-order valence-electron chi connectivity index (χ2n) is 19.6. The van der Waals surface area contributed by atoms with E-state index in [1.54, 1.807) is 44.3 Å². The normalized spacial score (nSPS) is 21.7. The van der Waals surface area contributed by atoms with Crippen molar-refractivity contribution in [1.82, 2.24) is 29.2 Å². The molecule has 5 atom stereocenters. The summed E-state index contributed by atoms with van der Waals surface area (Å²) in [5.74, 6) is -2.27. The molecule has 3 aliphatic rings. The van der Waals surface area contributed by atoms with Crippen LogP contribution in [0.5, 0.6) is 11.5 Å². The van der Waals surface area contributed by atoms with Gasteiger partial charge in [0.15, 0.2) is 5.78 Å². The van der Waals surface area contributed by atoms with Crippen LogP contribution in [-0.4, -0.2) is 118 Å². The Morgan fingerprint density at radius 3 is 2.28 bits per heavy atom. The van der Waals surface area contributed by atoms with Crippen molar-refractivity contribution in [3.8, 4) is 22.8 Å². The number of alkyl halides is 2. The Morgan fingerprint density at radius 1 is 0.833 bits per heavy atom. The van der Waals surface area contributed by atoms with E-state index in [9.17, 15) is 18.4 Å². The third-order valence-electron chi connectivity index (χ3n) is 14.8. The summed E-state index contributed by atoms with van der Waals surface area (Å²) in [6, 6.07) is 25.8. The molecule has 1 aromatic heterocycles. The summed E-state index contributed by atoms with van der Waals surface area (Å²) >= 11 is 12.9. The van der Waals surface area contributed by atoms with Crippen molar-refractivity contribution >= 4 is 46.7 Å². The van der Waals surface area contributed by atoms with Crippen molar-refractivity contribution in [3.05, 3.63) is 135 Å². The molecule has 2 fully saturated rings. The molecule has 12 nitrogen and oxygen atoms in total.